The van der Waals surface area contributed by atoms with Gasteiger partial charge >= 0.3 is 0 Å². The Hall–Kier alpha value is -4.38. The summed E-state index contributed by atoms with van der Waals surface area (Å²) in [5, 5.41) is 13.1. The number of carbonyl (C=O) groups is 3. The van der Waals surface area contributed by atoms with Gasteiger partial charge in [0.15, 0.2) is 0 Å². The largest absolute Gasteiger partial charge is 0.496 e. The second-order valence-electron chi connectivity index (χ2n) is 7.53. The number of methoxy groups -OCH3 is 1. The molecule has 10 nitrogen and oxygen atoms in total. The van der Waals surface area contributed by atoms with Crippen molar-refractivity contribution in [1.29, 1.82) is 0 Å². The number of amides is 3. The summed E-state index contributed by atoms with van der Waals surface area (Å²) >= 11 is 0.704. The van der Waals surface area contributed by atoms with E-state index >= 15 is 0 Å². The summed E-state index contributed by atoms with van der Waals surface area (Å²) in [4.78, 5) is 48.9. The van der Waals surface area contributed by atoms with E-state index < -0.39 is 28.5 Å². The van der Waals surface area contributed by atoms with Crippen molar-refractivity contribution in [3.63, 3.8) is 0 Å². The van der Waals surface area contributed by atoms with Gasteiger partial charge in [-0.05, 0) is 49.0 Å². The molecule has 1 N–H and O–H groups in total. The molecule has 0 bridgehead atoms. The van der Waals surface area contributed by atoms with Gasteiger partial charge in [-0.25, -0.2) is 0 Å². The summed E-state index contributed by atoms with van der Waals surface area (Å²) in [6.07, 6.45) is 1.41. The monoisotopic (exact) mass is 493 g/mol. The average Bonchev–Trinajstić information content (AvgIpc) is 3.40. The molecule has 0 radical (unpaired) electrons. The van der Waals surface area contributed by atoms with Gasteiger partial charge in [0.2, 0.25) is 5.91 Å². The zero-order valence-corrected chi connectivity index (χ0v) is 19.5. The zero-order valence-electron chi connectivity index (χ0n) is 18.6. The maximum atomic E-state index is 12.7. The Kier molecular flexibility index (Phi) is 6.69. The van der Waals surface area contributed by atoms with Gasteiger partial charge < -0.3 is 14.5 Å². The molecule has 4 rings (SSSR count). The van der Waals surface area contributed by atoms with Gasteiger partial charge in [0, 0.05) is 17.8 Å². The summed E-state index contributed by atoms with van der Waals surface area (Å²) in [5.74, 6) is -0.206. The maximum absolute atomic E-state index is 12.7. The van der Waals surface area contributed by atoms with Crippen LogP contribution in [0.3, 0.4) is 0 Å². The number of anilines is 1. The van der Waals surface area contributed by atoms with Gasteiger partial charge in [-0.2, -0.15) is 0 Å². The lowest BCUT2D eigenvalue weighted by Gasteiger charge is -2.12. The van der Waals surface area contributed by atoms with Crippen molar-refractivity contribution < 1.29 is 28.5 Å². The van der Waals surface area contributed by atoms with E-state index in [1.807, 2.05) is 19.1 Å². The summed E-state index contributed by atoms with van der Waals surface area (Å²) in [5.41, 5.74) is 1.95. The third-order valence-corrected chi connectivity index (χ3v) is 5.98. The van der Waals surface area contributed by atoms with E-state index in [2.05, 4.69) is 5.32 Å². The number of hydrogen-bond donors (Lipinski definition) is 1. The lowest BCUT2D eigenvalue weighted by atomic mass is 10.1. The first kappa shape index (κ1) is 23.8. The highest BCUT2D eigenvalue weighted by atomic mass is 32.2. The topological polar surface area (TPSA) is 132 Å². The van der Waals surface area contributed by atoms with Gasteiger partial charge in [0.05, 0.1) is 28.6 Å². The fourth-order valence-corrected chi connectivity index (χ4v) is 4.14. The highest BCUT2D eigenvalue weighted by molar-refractivity contribution is 8.18. The second-order valence-corrected chi connectivity index (χ2v) is 8.52. The van der Waals surface area contributed by atoms with E-state index in [4.69, 9.17) is 9.15 Å². The number of aryl methyl sites for hydroxylation is 1. The molecule has 3 amide bonds. The number of hydrogen-bond acceptors (Lipinski definition) is 8. The highest BCUT2D eigenvalue weighted by Gasteiger charge is 2.36. The third-order valence-electron chi connectivity index (χ3n) is 5.07. The van der Waals surface area contributed by atoms with E-state index in [9.17, 15) is 24.5 Å². The number of furan rings is 1. The van der Waals surface area contributed by atoms with Gasteiger partial charge in [0.25, 0.3) is 16.8 Å². The maximum Gasteiger partial charge on any atom is 0.294 e. The molecule has 3 aromatic rings. The van der Waals surface area contributed by atoms with Crippen molar-refractivity contribution in [3.8, 4) is 17.1 Å². The van der Waals surface area contributed by atoms with Crippen LogP contribution in [-0.2, 0) is 9.59 Å². The molecule has 0 unspecified atom stereocenters. The van der Waals surface area contributed by atoms with Crippen molar-refractivity contribution in [2.24, 2.45) is 0 Å². The van der Waals surface area contributed by atoms with E-state index in [-0.39, 0.29) is 22.1 Å². The van der Waals surface area contributed by atoms with Crippen molar-refractivity contribution in [3.05, 3.63) is 80.9 Å². The number of rotatable bonds is 7. The molecule has 2 heterocycles. The van der Waals surface area contributed by atoms with Crippen molar-refractivity contribution >= 4 is 46.3 Å². The minimum atomic E-state index is -0.607. The lowest BCUT2D eigenvalue weighted by molar-refractivity contribution is -0.384. The normalized spacial score (nSPS) is 14.5. The number of nitrogens with zero attached hydrogens (tertiary/aromatic N) is 2. The number of ether oxygens (including phenoxy) is 1. The third kappa shape index (κ3) is 5.25. The molecule has 11 heteroatoms. The SMILES string of the molecule is COc1cc([N+](=O)[O-])ccc1-c1ccc(/C=C2/SC(=O)N(CC(=O)Nc3ccc(C)cc3)C2=O)o1. The predicted octanol–water partition coefficient (Wildman–Crippen LogP) is 4.85. The van der Waals surface area contributed by atoms with E-state index in [0.717, 1.165) is 10.5 Å². The molecule has 1 aromatic heterocycles. The number of non-ortho nitro benzene ring substituents is 1. The van der Waals surface area contributed by atoms with Gasteiger partial charge in [0.1, 0.15) is 23.8 Å². The minimum absolute atomic E-state index is 0.106. The van der Waals surface area contributed by atoms with Crippen LogP contribution in [0.4, 0.5) is 16.2 Å². The molecule has 0 atom stereocenters. The predicted molar refractivity (Wildman–Crippen MR) is 130 cm³/mol. The number of nitro groups is 1. The van der Waals surface area contributed by atoms with Crippen LogP contribution in [0.25, 0.3) is 17.4 Å². The van der Waals surface area contributed by atoms with Crippen molar-refractivity contribution in [2.75, 3.05) is 19.0 Å². The molecular weight excluding hydrogens is 474 g/mol. The molecule has 2 aromatic carbocycles. The van der Waals surface area contributed by atoms with E-state index in [1.54, 1.807) is 24.3 Å². The number of imide groups is 1. The fraction of sp³-hybridized carbons (Fsp3) is 0.125. The average molecular weight is 493 g/mol. The van der Waals surface area contributed by atoms with Crippen molar-refractivity contribution in [1.82, 2.24) is 4.90 Å². The number of nitrogens with one attached hydrogen (secondary N) is 1. The van der Waals surface area contributed by atoms with Crippen LogP contribution >= 0.6 is 11.8 Å². The van der Waals surface area contributed by atoms with Gasteiger partial charge in [-0.3, -0.25) is 29.4 Å². The molecule has 0 aliphatic carbocycles. The first-order valence-corrected chi connectivity index (χ1v) is 11.1. The molecule has 1 aliphatic heterocycles. The molecule has 1 aliphatic rings. The van der Waals surface area contributed by atoms with Gasteiger partial charge in [-0.1, -0.05) is 17.7 Å². The molecular formula is C24H19N3O7S. The van der Waals surface area contributed by atoms with Crippen LogP contribution in [0.2, 0.25) is 0 Å². The Morgan fingerprint density at radius 2 is 1.91 bits per heavy atom. The molecule has 1 saturated heterocycles. The quantitative estimate of drug-likeness (QED) is 0.281. The first-order chi connectivity index (χ1) is 16.7. The zero-order chi connectivity index (χ0) is 25.1. The Morgan fingerprint density at radius 1 is 1.17 bits per heavy atom. The summed E-state index contributed by atoms with van der Waals surface area (Å²) in [7, 11) is 1.39. The van der Waals surface area contributed by atoms with Crippen LogP contribution in [0.15, 0.2) is 63.9 Å². The fourth-order valence-electron chi connectivity index (χ4n) is 3.32. The van der Waals surface area contributed by atoms with Crippen LogP contribution in [0.1, 0.15) is 11.3 Å². The molecule has 35 heavy (non-hydrogen) atoms. The van der Waals surface area contributed by atoms with E-state index in [1.165, 1.54) is 31.4 Å². The molecule has 0 saturated carbocycles. The number of carbonyl (C=O) groups excluding carboxylic acids is 3. The lowest BCUT2D eigenvalue weighted by Crippen LogP contribution is -2.36. The summed E-state index contributed by atoms with van der Waals surface area (Å²) in [6.45, 7) is 1.50. The highest BCUT2D eigenvalue weighted by Crippen LogP contribution is 2.36. The standard InChI is InChI=1S/C24H19N3O7S/c1-14-3-5-15(6-4-14)25-22(28)13-26-23(29)21(35-24(26)30)12-17-8-10-19(34-17)18-9-7-16(27(31)32)11-20(18)33-2/h3-12H,13H2,1-2H3,(H,25,28)/b21-12+. The molecule has 178 valence electrons. The van der Waals surface area contributed by atoms with Gasteiger partial charge in [-0.15, -0.1) is 0 Å². The van der Waals surface area contributed by atoms with Crippen LogP contribution in [0, 0.1) is 17.0 Å². The van der Waals surface area contributed by atoms with Crippen molar-refractivity contribution in [2.45, 2.75) is 6.92 Å². The Labute approximate surface area is 203 Å². The first-order valence-electron chi connectivity index (χ1n) is 10.3. The second kappa shape index (κ2) is 9.85. The Morgan fingerprint density at radius 3 is 2.60 bits per heavy atom. The minimum Gasteiger partial charge on any atom is -0.496 e. The Bertz CT molecular complexity index is 1360. The van der Waals surface area contributed by atoms with E-state index in [0.29, 0.717) is 28.8 Å². The van der Waals surface area contributed by atoms with Crippen LogP contribution in [-0.4, -0.2) is 40.5 Å². The summed E-state index contributed by atoms with van der Waals surface area (Å²) in [6, 6.07) is 14.5. The smallest absolute Gasteiger partial charge is 0.294 e. The molecule has 1 fully saturated rings. The Balaban J connectivity index is 1.48. The number of benzene rings is 2. The van der Waals surface area contributed by atoms with Crippen LogP contribution < -0.4 is 10.1 Å². The number of nitro benzene ring substituents is 1. The molecule has 0 spiro atoms. The number of thioether (sulfide) groups is 1. The summed E-state index contributed by atoms with van der Waals surface area (Å²) < 4.78 is 11.0. The van der Waals surface area contributed by atoms with Crippen LogP contribution in [0.5, 0.6) is 5.75 Å².